The number of aromatic nitrogens is 1. The Labute approximate surface area is 752 Å². The van der Waals surface area contributed by atoms with Crippen LogP contribution in [0, 0.1) is 0 Å². The van der Waals surface area contributed by atoms with Gasteiger partial charge in [-0.05, 0) is 245 Å². The first-order chi connectivity index (χ1) is 64.3. The van der Waals surface area contributed by atoms with Gasteiger partial charge in [-0.3, -0.25) is 0 Å². The maximum absolute atomic E-state index is 6.49. The third kappa shape index (κ3) is 15.3. The maximum atomic E-state index is 6.49. The van der Waals surface area contributed by atoms with Crippen LogP contribution in [0.1, 0.15) is 11.1 Å². The molecule has 0 saturated carbocycles. The zero-order chi connectivity index (χ0) is 86.8. The summed E-state index contributed by atoms with van der Waals surface area (Å²) in [5, 5.41) is 24.6. The van der Waals surface area contributed by atoms with Crippen molar-refractivity contribution in [1.82, 2.24) is 4.57 Å². The van der Waals surface area contributed by atoms with E-state index in [1.165, 1.54) is 49.0 Å². The molecule has 0 radical (unpaired) electrons. The third-order valence-electron chi connectivity index (χ3n) is 24.3. The highest BCUT2D eigenvalue weighted by Crippen LogP contribution is 2.48. The van der Waals surface area contributed by atoms with Gasteiger partial charge in [0.2, 0.25) is 0 Å². The van der Waals surface area contributed by atoms with Gasteiger partial charge in [-0.25, -0.2) is 0 Å². The smallest absolute Gasteiger partial charge is 0.137 e. The summed E-state index contributed by atoms with van der Waals surface area (Å²) in [6.07, 6.45) is 3.72. The number of nitrogens with one attached hydrogen (secondary N) is 3. The second kappa shape index (κ2) is 34.5. The second-order valence-corrected chi connectivity index (χ2v) is 32.3. The van der Waals surface area contributed by atoms with Crippen LogP contribution < -0.4 is 30.7 Å². The van der Waals surface area contributed by atoms with E-state index in [0.29, 0.717) is 0 Å². The molecule has 0 atom stereocenters. The Balaban J connectivity index is 0.000000115. The molecule has 0 saturated heterocycles. The lowest BCUT2D eigenvalue weighted by Crippen LogP contribution is -2.11. The monoisotopic (exact) mass is 1670 g/mol. The summed E-state index contributed by atoms with van der Waals surface area (Å²) in [5.41, 5.74) is 29.0. The Bertz CT molecular complexity index is 8260. The molecule has 20 aromatic carbocycles. The number of hydrogen-bond donors (Lipinski definition) is 3. The van der Waals surface area contributed by atoms with Gasteiger partial charge in [-0.2, -0.15) is 0 Å². The molecular weight excluding hydrogens is 1590 g/mol. The van der Waals surface area contributed by atoms with E-state index in [9.17, 15) is 0 Å². The molecule has 0 aliphatic rings. The molecule has 3 N–H and O–H groups in total. The molecule has 0 fully saturated rings. The van der Waals surface area contributed by atoms with Crippen LogP contribution in [0.15, 0.2) is 487 Å². The molecule has 10 nitrogen and oxygen atoms in total. The van der Waals surface area contributed by atoms with Crippen molar-refractivity contribution >= 4 is 207 Å². The molecule has 0 bridgehead atoms. The number of anilines is 15. The standard InChI is InChI=1S/C46H33N3O.C38H26N2O.C36H26N2O/c1-3-31-14-18-33(19-15-31)47-34-20-27-45-42(28-34)40-25-23-38(30-46(40)50-45)48(36-21-16-32(4-2)17-22-36)37-24-26-44-41(29-37)39-12-8-9-13-43(39)49(44)35-10-6-5-7-11-35;1-3-12-28(13-4-1)40(29-14-5-2-6-15-29)30-20-21-34-35-24-27(19-22-37(35)41-38(34)25-30)39-36-23-26-11-7-8-16-31(26)32-17-9-10-18-33(32)36;1-4-12-26(13-5-1)31-18-10-11-19-34(31)38(29-16-8-3-9-17-29)30-21-22-32-33-24-28(37-27-14-6-2-7-15-27)20-23-35(33)39-36(32)25-30/h3-30,47H,1-2H2;1-25,39H;1-25,37H. The van der Waals surface area contributed by atoms with Crippen molar-refractivity contribution in [3.8, 4) is 16.8 Å². The number of hydrogen-bond acceptors (Lipinski definition) is 9. The van der Waals surface area contributed by atoms with Crippen LogP contribution in [-0.4, -0.2) is 4.57 Å². The highest BCUT2D eigenvalue weighted by Gasteiger charge is 2.24. The second-order valence-electron chi connectivity index (χ2n) is 32.3. The van der Waals surface area contributed by atoms with Crippen molar-refractivity contribution in [2.45, 2.75) is 0 Å². The summed E-state index contributed by atoms with van der Waals surface area (Å²) in [5.74, 6) is 0. The number of para-hydroxylation sites is 7. The number of benzene rings is 20. The topological polar surface area (TPSA) is 90.2 Å². The van der Waals surface area contributed by atoms with Gasteiger partial charge in [-0.1, -0.05) is 256 Å². The molecule has 130 heavy (non-hydrogen) atoms. The van der Waals surface area contributed by atoms with E-state index in [2.05, 4.69) is 461 Å². The van der Waals surface area contributed by atoms with Crippen molar-refractivity contribution in [3.05, 3.63) is 485 Å². The SMILES string of the molecule is C=Cc1ccc(Nc2ccc3oc4cc(N(c5ccc(C=C)cc5)c5ccc6c(c5)c5ccccc5n6-c5ccccc5)ccc4c3c2)cc1.c1ccc(N(c2ccccc2)c2ccc3c(c2)oc2ccc(Nc4cc5ccccc5c5ccccc45)cc23)cc1.c1ccc(Nc2ccc3oc4cc(N(c5ccccc5)c5ccccc5-c5ccccc5)ccc4c3c2)cc1. The van der Waals surface area contributed by atoms with E-state index in [1.54, 1.807) is 0 Å². The predicted octanol–water partition coefficient (Wildman–Crippen LogP) is 34.8. The Kier molecular flexibility index (Phi) is 20.8. The number of fused-ring (bicyclic) bond motifs is 15. The average molecular weight is 1670 g/mol. The summed E-state index contributed by atoms with van der Waals surface area (Å²) >= 11 is 0. The highest BCUT2D eigenvalue weighted by atomic mass is 16.3. The summed E-state index contributed by atoms with van der Waals surface area (Å²) in [7, 11) is 0. The maximum Gasteiger partial charge on any atom is 0.137 e. The Hall–Kier alpha value is -17.6. The molecular formula is C120H85N7O3. The zero-order valence-electron chi connectivity index (χ0n) is 71.0. The van der Waals surface area contributed by atoms with Gasteiger partial charge < -0.3 is 48.5 Å². The van der Waals surface area contributed by atoms with Crippen LogP contribution >= 0.6 is 0 Å². The first-order valence-electron chi connectivity index (χ1n) is 43.7. The van der Waals surface area contributed by atoms with E-state index >= 15 is 0 Å². The normalized spacial score (nSPS) is 11.3. The molecule has 24 rings (SSSR count). The van der Waals surface area contributed by atoms with Gasteiger partial charge in [0.05, 0.1) is 16.7 Å². The largest absolute Gasteiger partial charge is 0.456 e. The van der Waals surface area contributed by atoms with Crippen molar-refractivity contribution in [3.63, 3.8) is 0 Å². The fourth-order valence-corrected chi connectivity index (χ4v) is 18.1. The number of furan rings is 3. The van der Waals surface area contributed by atoms with Gasteiger partial charge >= 0.3 is 0 Å². The van der Waals surface area contributed by atoms with E-state index in [4.69, 9.17) is 13.3 Å². The molecule has 618 valence electrons. The molecule has 4 heterocycles. The van der Waals surface area contributed by atoms with E-state index in [1.807, 2.05) is 60.7 Å². The van der Waals surface area contributed by atoms with Crippen LogP contribution in [0.25, 0.3) is 138 Å². The van der Waals surface area contributed by atoms with Crippen LogP contribution in [0.4, 0.5) is 85.3 Å². The summed E-state index contributed by atoms with van der Waals surface area (Å²) in [6.45, 7) is 7.82. The zero-order valence-corrected chi connectivity index (χ0v) is 71.0. The minimum atomic E-state index is 0.833. The fraction of sp³-hybridized carbons (Fsp3) is 0. The number of rotatable bonds is 19. The van der Waals surface area contributed by atoms with Crippen LogP contribution in [0.2, 0.25) is 0 Å². The Morgan fingerprint density at radius 1 is 0.223 bits per heavy atom. The minimum Gasteiger partial charge on any atom is -0.456 e. The van der Waals surface area contributed by atoms with E-state index in [0.717, 1.165) is 173 Å². The molecule has 0 aliphatic carbocycles. The van der Waals surface area contributed by atoms with Gasteiger partial charge in [0.15, 0.2) is 0 Å². The lowest BCUT2D eigenvalue weighted by molar-refractivity contribution is 0.668. The predicted molar refractivity (Wildman–Crippen MR) is 549 cm³/mol. The lowest BCUT2D eigenvalue weighted by Gasteiger charge is -2.27. The van der Waals surface area contributed by atoms with Gasteiger partial charge in [0.1, 0.15) is 33.5 Å². The Morgan fingerprint density at radius 2 is 0.600 bits per heavy atom. The average Bonchev–Trinajstić information content (AvgIpc) is 1.58. The highest BCUT2D eigenvalue weighted by molar-refractivity contribution is 6.16. The van der Waals surface area contributed by atoms with Crippen molar-refractivity contribution in [2.75, 3.05) is 30.7 Å². The molecule has 0 unspecified atom stereocenters. The molecule has 4 aromatic heterocycles. The van der Waals surface area contributed by atoms with E-state index in [-0.39, 0.29) is 0 Å². The molecule has 0 aliphatic heterocycles. The first-order valence-corrected chi connectivity index (χ1v) is 43.7. The minimum absolute atomic E-state index is 0.833. The van der Waals surface area contributed by atoms with Gasteiger partial charge in [0.25, 0.3) is 0 Å². The summed E-state index contributed by atoms with van der Waals surface area (Å²) < 4.78 is 21.6. The van der Waals surface area contributed by atoms with Gasteiger partial charge in [-0.15, -0.1) is 0 Å². The van der Waals surface area contributed by atoms with Crippen molar-refractivity contribution in [1.29, 1.82) is 0 Å². The van der Waals surface area contributed by atoms with Crippen molar-refractivity contribution in [2.24, 2.45) is 0 Å². The molecule has 24 aromatic rings. The van der Waals surface area contributed by atoms with Crippen LogP contribution in [-0.2, 0) is 0 Å². The first kappa shape index (κ1) is 78.4. The third-order valence-corrected chi connectivity index (χ3v) is 24.3. The fourth-order valence-electron chi connectivity index (χ4n) is 18.1. The van der Waals surface area contributed by atoms with E-state index < -0.39 is 0 Å². The quantitative estimate of drug-likeness (QED) is 0.0685. The number of nitrogens with zero attached hydrogens (tertiary/aromatic N) is 4. The molecule has 10 heteroatoms. The van der Waals surface area contributed by atoms with Crippen LogP contribution in [0.3, 0.4) is 0 Å². The Morgan fingerprint density at radius 3 is 1.15 bits per heavy atom. The van der Waals surface area contributed by atoms with Crippen molar-refractivity contribution < 1.29 is 13.3 Å². The molecule has 0 amide bonds. The summed E-state index contributed by atoms with van der Waals surface area (Å²) in [6, 6.07) is 161. The van der Waals surface area contributed by atoms with Crippen LogP contribution in [0.5, 0.6) is 0 Å². The summed E-state index contributed by atoms with van der Waals surface area (Å²) in [4.78, 5) is 6.86. The van der Waals surface area contributed by atoms with Gasteiger partial charge in [0, 0.05) is 158 Å². The molecule has 0 spiro atoms. The lowest BCUT2D eigenvalue weighted by atomic mass is 10.00.